The van der Waals surface area contributed by atoms with Crippen LogP contribution in [0.5, 0.6) is 11.5 Å². The maximum absolute atomic E-state index is 11.4. The molecule has 0 amide bonds. The smallest absolute Gasteiger partial charge is 0.229 e. The van der Waals surface area contributed by atoms with Gasteiger partial charge in [0.25, 0.3) is 0 Å². The average Bonchev–Trinajstić information content (AvgIpc) is 2.79. The Labute approximate surface area is 199 Å². The summed E-state index contributed by atoms with van der Waals surface area (Å²) in [5.41, 5.74) is 4.60. The van der Waals surface area contributed by atoms with Crippen molar-refractivity contribution in [1.82, 2.24) is 5.32 Å². The van der Waals surface area contributed by atoms with Gasteiger partial charge in [0.15, 0.2) is 0 Å². The monoisotopic (exact) mass is 486 g/mol. The summed E-state index contributed by atoms with van der Waals surface area (Å²) in [7, 11) is -3.55. The molecule has 9 heteroatoms. The summed E-state index contributed by atoms with van der Waals surface area (Å²) in [5.74, 6) is 0.525. The lowest BCUT2D eigenvalue weighted by molar-refractivity contribution is 0.172. The SMILES string of the molecule is Cc1cc(OCCNCC(O)c2ccc(O)c(NS(C)(=O)=O)c2)ccc1-c1ccc(CO)cc1. The highest BCUT2D eigenvalue weighted by molar-refractivity contribution is 7.92. The highest BCUT2D eigenvalue weighted by Crippen LogP contribution is 2.28. The van der Waals surface area contributed by atoms with Crippen molar-refractivity contribution in [3.05, 3.63) is 77.4 Å². The first-order valence-corrected chi connectivity index (χ1v) is 12.7. The van der Waals surface area contributed by atoms with Gasteiger partial charge in [-0.2, -0.15) is 0 Å². The lowest BCUT2D eigenvalue weighted by Crippen LogP contribution is -2.26. The first-order chi connectivity index (χ1) is 16.2. The van der Waals surface area contributed by atoms with Crippen LogP contribution >= 0.6 is 0 Å². The summed E-state index contributed by atoms with van der Waals surface area (Å²) in [5, 5.41) is 32.5. The van der Waals surface area contributed by atoms with E-state index in [1.165, 1.54) is 18.2 Å². The van der Waals surface area contributed by atoms with Crippen LogP contribution in [0, 0.1) is 6.92 Å². The van der Waals surface area contributed by atoms with Gasteiger partial charge in [0.05, 0.1) is 24.7 Å². The Balaban J connectivity index is 1.48. The number of ether oxygens (including phenoxy) is 1. The number of anilines is 1. The second-order valence-electron chi connectivity index (χ2n) is 8.05. The van der Waals surface area contributed by atoms with E-state index >= 15 is 0 Å². The van der Waals surface area contributed by atoms with E-state index in [-0.39, 0.29) is 24.6 Å². The van der Waals surface area contributed by atoms with Gasteiger partial charge >= 0.3 is 0 Å². The summed E-state index contributed by atoms with van der Waals surface area (Å²) >= 11 is 0. The molecule has 0 fully saturated rings. The molecule has 0 saturated carbocycles. The topological polar surface area (TPSA) is 128 Å². The van der Waals surface area contributed by atoms with Gasteiger partial charge in [-0.3, -0.25) is 4.72 Å². The fraction of sp³-hybridized carbons (Fsp3) is 0.280. The molecule has 0 aromatic heterocycles. The summed E-state index contributed by atoms with van der Waals surface area (Å²) in [6, 6.07) is 17.9. The van der Waals surface area contributed by atoms with Crippen LogP contribution in [0.15, 0.2) is 60.7 Å². The van der Waals surface area contributed by atoms with E-state index in [9.17, 15) is 23.7 Å². The number of phenols is 1. The molecule has 0 heterocycles. The molecule has 5 N–H and O–H groups in total. The van der Waals surface area contributed by atoms with Crippen molar-refractivity contribution < 1.29 is 28.5 Å². The van der Waals surface area contributed by atoms with Gasteiger partial charge in [0.2, 0.25) is 10.0 Å². The molecule has 0 bridgehead atoms. The Morgan fingerprint density at radius 1 is 1.03 bits per heavy atom. The van der Waals surface area contributed by atoms with Crippen molar-refractivity contribution >= 4 is 15.7 Å². The molecule has 0 radical (unpaired) electrons. The van der Waals surface area contributed by atoms with Crippen LogP contribution < -0.4 is 14.8 Å². The number of aromatic hydroxyl groups is 1. The number of hydrogen-bond acceptors (Lipinski definition) is 7. The van der Waals surface area contributed by atoms with E-state index in [4.69, 9.17) is 4.74 Å². The van der Waals surface area contributed by atoms with Gasteiger partial charge < -0.3 is 25.4 Å². The van der Waals surface area contributed by atoms with Gasteiger partial charge in [0, 0.05) is 13.1 Å². The average molecular weight is 487 g/mol. The highest BCUT2D eigenvalue weighted by atomic mass is 32.2. The normalized spacial score (nSPS) is 12.4. The van der Waals surface area contributed by atoms with Crippen molar-refractivity contribution in [2.24, 2.45) is 0 Å². The van der Waals surface area contributed by atoms with Crippen LogP contribution in [0.4, 0.5) is 5.69 Å². The van der Waals surface area contributed by atoms with Gasteiger partial charge in [0.1, 0.15) is 18.1 Å². The number of hydrogen-bond donors (Lipinski definition) is 5. The molecular formula is C25H30N2O6S. The van der Waals surface area contributed by atoms with Crippen molar-refractivity contribution in [1.29, 1.82) is 0 Å². The number of aryl methyl sites for hydroxylation is 1. The molecule has 0 spiro atoms. The van der Waals surface area contributed by atoms with Crippen LogP contribution in [0.3, 0.4) is 0 Å². The first kappa shape index (κ1) is 25.5. The Morgan fingerprint density at radius 3 is 2.41 bits per heavy atom. The van der Waals surface area contributed by atoms with Crippen molar-refractivity contribution in [3.8, 4) is 22.6 Å². The van der Waals surface area contributed by atoms with Crippen LogP contribution in [-0.2, 0) is 16.6 Å². The standard InChI is InChI=1S/C25H30N2O6S/c1-17-13-21(8-9-22(17)19-5-3-18(16-28)4-6-19)33-12-11-26-15-25(30)20-7-10-24(29)23(14-20)27-34(2,31)32/h3-10,13-14,25-30H,11-12,15-16H2,1-2H3. The van der Waals surface area contributed by atoms with Crippen LogP contribution in [0.25, 0.3) is 11.1 Å². The van der Waals surface area contributed by atoms with Crippen LogP contribution in [0.1, 0.15) is 22.8 Å². The largest absolute Gasteiger partial charge is 0.506 e. The zero-order valence-corrected chi connectivity index (χ0v) is 20.0. The van der Waals surface area contributed by atoms with Gasteiger partial charge in [-0.25, -0.2) is 8.42 Å². The van der Waals surface area contributed by atoms with Crippen LogP contribution in [0.2, 0.25) is 0 Å². The Hall–Kier alpha value is -3.11. The fourth-order valence-electron chi connectivity index (χ4n) is 3.48. The number of aliphatic hydroxyl groups excluding tert-OH is 2. The molecule has 0 saturated heterocycles. The summed E-state index contributed by atoms with van der Waals surface area (Å²) in [6.45, 7) is 3.16. The number of benzene rings is 3. The molecule has 8 nitrogen and oxygen atoms in total. The second-order valence-corrected chi connectivity index (χ2v) is 9.80. The molecule has 0 aliphatic rings. The Kier molecular flexibility index (Phi) is 8.51. The molecule has 1 atom stereocenters. The third kappa shape index (κ3) is 7.19. The van der Waals surface area contributed by atoms with Crippen molar-refractivity contribution in [3.63, 3.8) is 0 Å². The fourth-order valence-corrected chi connectivity index (χ4v) is 4.04. The Bertz CT molecular complexity index is 1210. The zero-order valence-electron chi connectivity index (χ0n) is 19.2. The van der Waals surface area contributed by atoms with Crippen molar-refractivity contribution in [2.75, 3.05) is 30.7 Å². The minimum atomic E-state index is -3.55. The zero-order chi connectivity index (χ0) is 24.7. The lowest BCUT2D eigenvalue weighted by atomic mass is 9.99. The summed E-state index contributed by atoms with van der Waals surface area (Å²) < 4.78 is 30.9. The number of aliphatic hydroxyl groups is 2. The third-order valence-electron chi connectivity index (χ3n) is 5.23. The minimum Gasteiger partial charge on any atom is -0.506 e. The van der Waals surface area contributed by atoms with E-state index in [1.807, 2.05) is 49.4 Å². The molecule has 3 aromatic rings. The number of sulfonamides is 1. The quantitative estimate of drug-likeness (QED) is 0.208. The van der Waals surface area contributed by atoms with Gasteiger partial charge in [-0.05, 0) is 59.0 Å². The molecular weight excluding hydrogens is 456 g/mol. The first-order valence-electron chi connectivity index (χ1n) is 10.8. The maximum Gasteiger partial charge on any atom is 0.229 e. The predicted octanol–water partition coefficient (Wildman–Crippen LogP) is 2.93. The molecule has 0 aliphatic carbocycles. The number of phenolic OH excluding ortho intramolecular Hbond substituents is 1. The van der Waals surface area contributed by atoms with E-state index in [0.717, 1.165) is 34.3 Å². The predicted molar refractivity (Wildman–Crippen MR) is 132 cm³/mol. The molecule has 1 unspecified atom stereocenters. The maximum atomic E-state index is 11.4. The van der Waals surface area contributed by atoms with E-state index in [2.05, 4.69) is 10.0 Å². The highest BCUT2D eigenvalue weighted by Gasteiger charge is 2.13. The van der Waals surface area contributed by atoms with Gasteiger partial charge in [-0.15, -0.1) is 0 Å². The molecule has 182 valence electrons. The Morgan fingerprint density at radius 2 is 1.76 bits per heavy atom. The van der Waals surface area contributed by atoms with Crippen molar-refractivity contribution in [2.45, 2.75) is 19.6 Å². The van der Waals surface area contributed by atoms with Gasteiger partial charge in [-0.1, -0.05) is 36.4 Å². The molecule has 3 rings (SSSR count). The third-order valence-corrected chi connectivity index (χ3v) is 5.82. The summed E-state index contributed by atoms with van der Waals surface area (Å²) in [4.78, 5) is 0. The number of rotatable bonds is 11. The van der Waals surface area contributed by atoms with E-state index < -0.39 is 16.1 Å². The molecule has 3 aromatic carbocycles. The molecule has 34 heavy (non-hydrogen) atoms. The molecule has 0 aliphatic heterocycles. The van der Waals surface area contributed by atoms with Crippen LogP contribution in [-0.4, -0.2) is 49.7 Å². The number of nitrogens with one attached hydrogen (secondary N) is 2. The minimum absolute atomic E-state index is 0.0190. The summed E-state index contributed by atoms with van der Waals surface area (Å²) in [6.07, 6.45) is 0.0982. The van der Waals surface area contributed by atoms with E-state index in [1.54, 1.807) is 0 Å². The lowest BCUT2D eigenvalue weighted by Gasteiger charge is -2.15. The van der Waals surface area contributed by atoms with E-state index in [0.29, 0.717) is 18.7 Å². The second kappa shape index (κ2) is 11.3.